The molecule has 0 saturated heterocycles. The van der Waals surface area contributed by atoms with Gasteiger partial charge in [-0.3, -0.25) is 9.59 Å². The Hall–Kier alpha value is -2.18. The summed E-state index contributed by atoms with van der Waals surface area (Å²) in [6, 6.07) is 8.09. The van der Waals surface area contributed by atoms with Crippen LogP contribution < -0.4 is 0 Å². The van der Waals surface area contributed by atoms with Gasteiger partial charge < -0.3 is 9.32 Å². The van der Waals surface area contributed by atoms with Crippen LogP contribution in [0.2, 0.25) is 0 Å². The molecule has 6 heteroatoms. The minimum atomic E-state index is -0.00685. The van der Waals surface area contributed by atoms with Gasteiger partial charge in [-0.1, -0.05) is 6.07 Å². The number of ketones is 1. The van der Waals surface area contributed by atoms with Crippen LogP contribution in [0, 0.1) is 6.92 Å². The highest BCUT2D eigenvalue weighted by Crippen LogP contribution is 2.39. The van der Waals surface area contributed by atoms with E-state index in [-0.39, 0.29) is 17.7 Å². The lowest BCUT2D eigenvalue weighted by molar-refractivity contribution is -0.133. The highest BCUT2D eigenvalue weighted by atomic mass is 32.1. The third kappa shape index (κ3) is 3.51. The predicted octanol–water partition coefficient (Wildman–Crippen LogP) is 5.02. The summed E-state index contributed by atoms with van der Waals surface area (Å²) in [5.74, 6) is 1.45. The average Bonchev–Trinajstić information content (AvgIpc) is 3.38. The molecule has 0 fully saturated rings. The second kappa shape index (κ2) is 7.44. The molecule has 4 nitrogen and oxygen atoms in total. The van der Waals surface area contributed by atoms with Crippen LogP contribution in [0.5, 0.6) is 0 Å². The summed E-state index contributed by atoms with van der Waals surface area (Å²) in [4.78, 5) is 29.2. The number of hydrogen-bond acceptors (Lipinski definition) is 5. The Morgan fingerprint density at radius 3 is 2.81 bits per heavy atom. The molecule has 1 amide bonds. The monoisotopic (exact) mass is 399 g/mol. The highest BCUT2D eigenvalue weighted by Gasteiger charge is 2.33. The molecule has 0 spiro atoms. The summed E-state index contributed by atoms with van der Waals surface area (Å²) in [6.07, 6.45) is 1.80. The van der Waals surface area contributed by atoms with Gasteiger partial charge in [0.25, 0.3) is 0 Å². The van der Waals surface area contributed by atoms with E-state index in [2.05, 4.69) is 22.9 Å². The number of thiophene rings is 2. The molecule has 0 aromatic carbocycles. The molecule has 3 aromatic heterocycles. The van der Waals surface area contributed by atoms with Crippen molar-refractivity contribution in [2.24, 2.45) is 0 Å². The number of aryl methyl sites for hydroxylation is 2. The summed E-state index contributed by atoms with van der Waals surface area (Å²) < 4.78 is 5.67. The summed E-state index contributed by atoms with van der Waals surface area (Å²) >= 11 is 3.47. The second-order valence-electron chi connectivity index (χ2n) is 6.79. The number of carbonyl (C=O) groups excluding carboxylic acids is 2. The van der Waals surface area contributed by atoms with Crippen molar-refractivity contribution in [2.75, 3.05) is 6.54 Å². The van der Waals surface area contributed by atoms with Gasteiger partial charge in [0.1, 0.15) is 11.5 Å². The van der Waals surface area contributed by atoms with Gasteiger partial charge in [-0.05, 0) is 54.8 Å². The van der Waals surface area contributed by atoms with Gasteiger partial charge in [-0.15, -0.1) is 22.7 Å². The van der Waals surface area contributed by atoms with Crippen molar-refractivity contribution in [2.45, 2.75) is 39.2 Å². The van der Waals surface area contributed by atoms with Crippen LogP contribution in [-0.2, 0) is 17.6 Å². The molecule has 0 N–H and O–H groups in total. The van der Waals surface area contributed by atoms with Gasteiger partial charge in [0.2, 0.25) is 5.91 Å². The lowest BCUT2D eigenvalue weighted by Crippen LogP contribution is -2.39. The van der Waals surface area contributed by atoms with E-state index in [0.717, 1.165) is 13.0 Å². The van der Waals surface area contributed by atoms with Gasteiger partial charge in [0.15, 0.2) is 5.78 Å². The van der Waals surface area contributed by atoms with Gasteiger partial charge in [0, 0.05) is 29.1 Å². The Morgan fingerprint density at radius 1 is 1.26 bits per heavy atom. The van der Waals surface area contributed by atoms with E-state index in [9.17, 15) is 9.59 Å². The number of rotatable bonds is 5. The zero-order valence-electron chi connectivity index (χ0n) is 15.4. The fourth-order valence-corrected chi connectivity index (χ4v) is 5.49. The smallest absolute Gasteiger partial charge is 0.223 e. The number of Topliss-reactive ketones (excluding diaryl/α,β-unsaturated/α-hetero) is 1. The zero-order chi connectivity index (χ0) is 19.0. The third-order valence-electron chi connectivity index (χ3n) is 5.03. The molecule has 140 valence electrons. The molecule has 0 unspecified atom stereocenters. The van der Waals surface area contributed by atoms with Crippen molar-refractivity contribution in [1.29, 1.82) is 0 Å². The fraction of sp³-hybridized carbons (Fsp3) is 0.333. The first kappa shape index (κ1) is 18.2. The first-order valence-corrected chi connectivity index (χ1v) is 10.8. The number of amides is 1. The minimum absolute atomic E-state index is 0.00685. The standard InChI is InChI=1S/C21H21NO3S2/c1-13(23)17-12-15(25-14(17)2)5-6-20(24)22-9-7-18-16(8-11-27-18)21(22)19-4-3-10-26-19/h3-4,8,10-12,21H,5-7,9H2,1-2H3/t21-/m1/s1. The van der Waals surface area contributed by atoms with Crippen molar-refractivity contribution in [3.05, 3.63) is 67.4 Å². The molecule has 4 heterocycles. The van der Waals surface area contributed by atoms with Gasteiger partial charge in [0.05, 0.1) is 11.6 Å². The van der Waals surface area contributed by atoms with Crippen LogP contribution in [0.15, 0.2) is 39.4 Å². The molecule has 0 aliphatic carbocycles. The molecule has 1 atom stereocenters. The molecule has 0 bridgehead atoms. The number of nitrogens with zero attached hydrogens (tertiary/aromatic N) is 1. The second-order valence-corrected chi connectivity index (χ2v) is 8.77. The van der Waals surface area contributed by atoms with E-state index >= 15 is 0 Å². The Kier molecular flexibility index (Phi) is 5.02. The number of carbonyl (C=O) groups is 2. The summed E-state index contributed by atoms with van der Waals surface area (Å²) in [5.41, 5.74) is 1.87. The summed E-state index contributed by atoms with van der Waals surface area (Å²) in [7, 11) is 0. The van der Waals surface area contributed by atoms with Gasteiger partial charge in [-0.25, -0.2) is 0 Å². The lowest BCUT2D eigenvalue weighted by Gasteiger charge is -2.35. The first-order chi connectivity index (χ1) is 13.0. The van der Waals surface area contributed by atoms with Gasteiger partial charge in [-0.2, -0.15) is 0 Å². The third-order valence-corrected chi connectivity index (χ3v) is 6.95. The minimum Gasteiger partial charge on any atom is -0.466 e. The Morgan fingerprint density at radius 2 is 2.11 bits per heavy atom. The van der Waals surface area contributed by atoms with Crippen molar-refractivity contribution >= 4 is 34.4 Å². The normalized spacial score (nSPS) is 16.4. The van der Waals surface area contributed by atoms with E-state index in [0.29, 0.717) is 29.9 Å². The molecule has 1 aliphatic heterocycles. The average molecular weight is 400 g/mol. The maximum atomic E-state index is 13.1. The maximum absolute atomic E-state index is 13.1. The summed E-state index contributed by atoms with van der Waals surface area (Å²) in [5, 5.41) is 4.18. The van der Waals surface area contributed by atoms with Crippen molar-refractivity contribution in [3.63, 3.8) is 0 Å². The molecule has 27 heavy (non-hydrogen) atoms. The van der Waals surface area contributed by atoms with Crippen molar-refractivity contribution < 1.29 is 14.0 Å². The van der Waals surface area contributed by atoms with Crippen molar-refractivity contribution in [1.82, 2.24) is 4.90 Å². The molecule has 0 saturated carbocycles. The number of hydrogen-bond donors (Lipinski definition) is 0. The quantitative estimate of drug-likeness (QED) is 0.566. The number of furan rings is 1. The molecule has 3 aromatic rings. The summed E-state index contributed by atoms with van der Waals surface area (Å²) in [6.45, 7) is 4.06. The predicted molar refractivity (Wildman–Crippen MR) is 108 cm³/mol. The van der Waals surface area contributed by atoms with Crippen LogP contribution in [-0.4, -0.2) is 23.1 Å². The van der Waals surface area contributed by atoms with Gasteiger partial charge >= 0.3 is 0 Å². The SMILES string of the molecule is CC(=O)c1cc(CCC(=O)N2CCc3sccc3[C@@H]2c2cccs2)oc1C. The Bertz CT molecular complexity index is 968. The highest BCUT2D eigenvalue weighted by molar-refractivity contribution is 7.10. The lowest BCUT2D eigenvalue weighted by atomic mass is 9.98. The number of fused-ring (bicyclic) bond motifs is 1. The molecule has 0 radical (unpaired) electrons. The van der Waals surface area contributed by atoms with Crippen LogP contribution in [0.25, 0.3) is 0 Å². The Labute approximate surface area is 166 Å². The zero-order valence-corrected chi connectivity index (χ0v) is 17.0. The largest absolute Gasteiger partial charge is 0.466 e. The van der Waals surface area contributed by atoms with E-state index in [1.54, 1.807) is 35.7 Å². The topological polar surface area (TPSA) is 50.5 Å². The van der Waals surface area contributed by atoms with E-state index in [4.69, 9.17) is 4.42 Å². The fourth-order valence-electron chi connectivity index (χ4n) is 3.73. The first-order valence-electron chi connectivity index (χ1n) is 9.04. The molecule has 4 rings (SSSR count). The molecular formula is C21H21NO3S2. The van der Waals surface area contributed by atoms with Crippen molar-refractivity contribution in [3.8, 4) is 0 Å². The maximum Gasteiger partial charge on any atom is 0.223 e. The van der Waals surface area contributed by atoms with Crippen LogP contribution in [0.1, 0.15) is 56.6 Å². The van der Waals surface area contributed by atoms with E-state index in [1.807, 2.05) is 11.0 Å². The van der Waals surface area contributed by atoms with E-state index < -0.39 is 0 Å². The van der Waals surface area contributed by atoms with Crippen LogP contribution in [0.3, 0.4) is 0 Å². The van der Waals surface area contributed by atoms with Crippen LogP contribution >= 0.6 is 22.7 Å². The van der Waals surface area contributed by atoms with Crippen LogP contribution in [0.4, 0.5) is 0 Å². The Balaban J connectivity index is 1.52. The van der Waals surface area contributed by atoms with E-state index in [1.165, 1.54) is 22.2 Å². The molecule has 1 aliphatic rings. The molecular weight excluding hydrogens is 378 g/mol.